The summed E-state index contributed by atoms with van der Waals surface area (Å²) in [5.74, 6) is -0.0733. The summed E-state index contributed by atoms with van der Waals surface area (Å²) in [4.78, 5) is 0. The number of rotatable bonds is 4. The van der Waals surface area contributed by atoms with Crippen molar-refractivity contribution in [3.05, 3.63) is 47.1 Å². The van der Waals surface area contributed by atoms with E-state index in [1.165, 1.54) is 12.1 Å². The molecule has 2 rings (SSSR count). The number of benzene rings is 1. The average molecular weight is 299 g/mol. The molecule has 1 aromatic heterocycles. The van der Waals surface area contributed by atoms with Gasteiger partial charge in [0.1, 0.15) is 0 Å². The molecule has 19 heavy (non-hydrogen) atoms. The summed E-state index contributed by atoms with van der Waals surface area (Å²) in [5, 5.41) is 7.37. The van der Waals surface area contributed by atoms with Crippen LogP contribution in [-0.2, 0) is 15.8 Å². The van der Waals surface area contributed by atoms with Crippen molar-refractivity contribution < 1.29 is 8.42 Å². The van der Waals surface area contributed by atoms with E-state index in [1.54, 1.807) is 24.3 Å². The first-order valence-corrected chi connectivity index (χ1v) is 7.32. The van der Waals surface area contributed by atoms with Gasteiger partial charge in [-0.25, -0.2) is 8.42 Å². The molecule has 1 aromatic carbocycles. The van der Waals surface area contributed by atoms with Crippen molar-refractivity contribution in [2.24, 2.45) is 0 Å². The summed E-state index contributed by atoms with van der Waals surface area (Å²) in [7, 11) is -3.57. The molecule has 0 bridgehead atoms. The Morgan fingerprint density at radius 2 is 2.00 bits per heavy atom. The minimum atomic E-state index is -3.57. The number of halogens is 1. The van der Waals surface area contributed by atoms with Crippen molar-refractivity contribution in [1.82, 2.24) is 10.2 Å². The van der Waals surface area contributed by atoms with E-state index < -0.39 is 10.0 Å². The highest BCUT2D eigenvalue weighted by Gasteiger charge is 2.12. The van der Waals surface area contributed by atoms with Crippen LogP contribution in [0.4, 0.5) is 11.5 Å². The zero-order valence-corrected chi connectivity index (χ0v) is 11.3. The highest BCUT2D eigenvalue weighted by molar-refractivity contribution is 7.91. The molecule has 0 atom stereocenters. The zero-order valence-electron chi connectivity index (χ0n) is 9.75. The minimum Gasteiger partial charge on any atom is -0.399 e. The Morgan fingerprint density at radius 1 is 1.21 bits per heavy atom. The monoisotopic (exact) mass is 298 g/mol. The number of nitrogens with zero attached hydrogens (tertiary/aromatic N) is 2. The van der Waals surface area contributed by atoms with Crippen LogP contribution in [0.15, 0.2) is 36.4 Å². The highest BCUT2D eigenvalue weighted by Crippen LogP contribution is 2.13. The van der Waals surface area contributed by atoms with E-state index in [2.05, 4.69) is 14.9 Å². The van der Waals surface area contributed by atoms with Crippen LogP contribution in [0.5, 0.6) is 0 Å². The lowest BCUT2D eigenvalue weighted by atomic mass is 10.2. The van der Waals surface area contributed by atoms with Crippen molar-refractivity contribution in [2.75, 3.05) is 10.5 Å². The Kier molecular flexibility index (Phi) is 3.87. The summed E-state index contributed by atoms with van der Waals surface area (Å²) in [5.41, 5.74) is 6.70. The number of hydrogen-bond acceptors (Lipinski definition) is 5. The summed E-state index contributed by atoms with van der Waals surface area (Å²) in [6.45, 7) is 0. The van der Waals surface area contributed by atoms with Crippen LogP contribution in [-0.4, -0.2) is 18.6 Å². The van der Waals surface area contributed by atoms with Gasteiger partial charge in [-0.1, -0.05) is 23.7 Å². The number of nitrogen functional groups attached to an aromatic ring is 1. The summed E-state index contributed by atoms with van der Waals surface area (Å²) in [6.07, 6.45) is 0. The lowest BCUT2D eigenvalue weighted by Crippen LogP contribution is -2.16. The maximum Gasteiger partial charge on any atom is 0.238 e. The van der Waals surface area contributed by atoms with Crippen LogP contribution in [0.3, 0.4) is 0 Å². The molecule has 0 fully saturated rings. The second kappa shape index (κ2) is 5.41. The quantitative estimate of drug-likeness (QED) is 0.836. The molecule has 0 radical (unpaired) electrons. The Labute approximate surface area is 115 Å². The Hall–Kier alpha value is -1.86. The van der Waals surface area contributed by atoms with Crippen molar-refractivity contribution in [3.63, 3.8) is 0 Å². The van der Waals surface area contributed by atoms with Crippen LogP contribution < -0.4 is 10.5 Å². The van der Waals surface area contributed by atoms with E-state index in [4.69, 9.17) is 17.3 Å². The predicted molar refractivity (Wildman–Crippen MR) is 74.1 cm³/mol. The van der Waals surface area contributed by atoms with Gasteiger partial charge in [0.05, 0.1) is 5.75 Å². The molecule has 0 spiro atoms. The molecule has 3 N–H and O–H groups in total. The first-order chi connectivity index (χ1) is 8.94. The smallest absolute Gasteiger partial charge is 0.238 e. The summed E-state index contributed by atoms with van der Waals surface area (Å²) in [6, 6.07) is 9.56. The number of anilines is 2. The fourth-order valence-corrected chi connectivity index (χ4v) is 2.69. The Bertz CT molecular complexity index is 673. The van der Waals surface area contributed by atoms with Gasteiger partial charge in [0.2, 0.25) is 10.0 Å². The molecule has 0 unspecified atom stereocenters. The number of nitrogens with two attached hydrogens (primary N) is 1. The first-order valence-electron chi connectivity index (χ1n) is 5.29. The number of sulfonamides is 1. The number of hydrogen-bond donors (Lipinski definition) is 2. The largest absolute Gasteiger partial charge is 0.399 e. The molecule has 6 nitrogen and oxygen atoms in total. The van der Waals surface area contributed by atoms with Gasteiger partial charge in [-0.15, -0.1) is 10.2 Å². The number of aromatic nitrogens is 2. The van der Waals surface area contributed by atoms with E-state index in [0.29, 0.717) is 11.3 Å². The standard InChI is InChI=1S/C11H11ClN4O2S/c12-10-4-5-11(15-14-10)16-19(17,18)7-8-2-1-3-9(13)6-8/h1-6H,7,13H2,(H,15,16). The van der Waals surface area contributed by atoms with Crippen LogP contribution in [0.1, 0.15) is 5.56 Å². The summed E-state index contributed by atoms with van der Waals surface area (Å²) < 4.78 is 26.1. The first kappa shape index (κ1) is 13.6. The van der Waals surface area contributed by atoms with Crippen LogP contribution >= 0.6 is 11.6 Å². The van der Waals surface area contributed by atoms with Crippen molar-refractivity contribution in [3.8, 4) is 0 Å². The molecule has 0 saturated carbocycles. The predicted octanol–water partition coefficient (Wildman–Crippen LogP) is 1.65. The molecular formula is C11H11ClN4O2S. The molecule has 8 heteroatoms. The third-order valence-corrected chi connectivity index (χ3v) is 3.63. The normalized spacial score (nSPS) is 11.2. The third kappa shape index (κ3) is 4.08. The van der Waals surface area contributed by atoms with E-state index in [-0.39, 0.29) is 16.7 Å². The van der Waals surface area contributed by atoms with E-state index in [1.807, 2.05) is 0 Å². The van der Waals surface area contributed by atoms with Crippen LogP contribution in [0.2, 0.25) is 5.15 Å². The van der Waals surface area contributed by atoms with Gasteiger partial charge < -0.3 is 5.73 Å². The van der Waals surface area contributed by atoms with Crippen LogP contribution in [0.25, 0.3) is 0 Å². The topological polar surface area (TPSA) is 98.0 Å². The SMILES string of the molecule is Nc1cccc(CS(=O)(=O)Nc2ccc(Cl)nn2)c1. The van der Waals surface area contributed by atoms with Gasteiger partial charge in [0.15, 0.2) is 11.0 Å². The molecule has 0 aliphatic heterocycles. The minimum absolute atomic E-state index is 0.119. The highest BCUT2D eigenvalue weighted by atomic mass is 35.5. The summed E-state index contributed by atoms with van der Waals surface area (Å²) >= 11 is 5.57. The molecule has 1 heterocycles. The lowest BCUT2D eigenvalue weighted by Gasteiger charge is -2.07. The van der Waals surface area contributed by atoms with Gasteiger partial charge >= 0.3 is 0 Å². The maximum atomic E-state index is 11.9. The molecule has 0 aliphatic carbocycles. The second-order valence-corrected chi connectivity index (χ2v) is 5.96. The van der Waals surface area contributed by atoms with Crippen molar-refractivity contribution in [1.29, 1.82) is 0 Å². The van der Waals surface area contributed by atoms with Gasteiger partial charge in [0.25, 0.3) is 0 Å². The van der Waals surface area contributed by atoms with Crippen molar-refractivity contribution in [2.45, 2.75) is 5.75 Å². The second-order valence-electron chi connectivity index (χ2n) is 3.85. The van der Waals surface area contributed by atoms with Gasteiger partial charge in [-0.3, -0.25) is 4.72 Å². The Morgan fingerprint density at radius 3 is 2.63 bits per heavy atom. The van der Waals surface area contributed by atoms with Gasteiger partial charge in [-0.2, -0.15) is 0 Å². The van der Waals surface area contributed by atoms with Gasteiger partial charge in [-0.05, 0) is 29.8 Å². The van der Waals surface area contributed by atoms with Gasteiger partial charge in [0, 0.05) is 5.69 Å². The molecule has 0 amide bonds. The molecule has 0 aliphatic rings. The molecule has 0 saturated heterocycles. The zero-order chi connectivity index (χ0) is 13.9. The third-order valence-electron chi connectivity index (χ3n) is 2.20. The number of nitrogens with one attached hydrogen (secondary N) is 1. The molecular weight excluding hydrogens is 288 g/mol. The Balaban J connectivity index is 2.13. The fraction of sp³-hybridized carbons (Fsp3) is 0.0909. The lowest BCUT2D eigenvalue weighted by molar-refractivity contribution is 0.600. The fourth-order valence-electron chi connectivity index (χ4n) is 1.47. The average Bonchev–Trinajstić information content (AvgIpc) is 2.31. The van der Waals surface area contributed by atoms with E-state index >= 15 is 0 Å². The molecule has 2 aromatic rings. The molecule has 100 valence electrons. The van der Waals surface area contributed by atoms with E-state index in [9.17, 15) is 8.42 Å². The maximum absolute atomic E-state index is 11.9. The van der Waals surface area contributed by atoms with Crippen LogP contribution in [0, 0.1) is 0 Å². The van der Waals surface area contributed by atoms with Crippen molar-refractivity contribution >= 4 is 33.1 Å². The van der Waals surface area contributed by atoms with E-state index in [0.717, 1.165) is 0 Å².